The first-order valence-electron chi connectivity index (χ1n) is 2.67. The molecule has 0 aromatic rings. The fraction of sp³-hybridized carbons (Fsp3) is 0. The van der Waals surface area contributed by atoms with E-state index in [1.54, 1.807) is 6.07 Å². The second-order valence-electron chi connectivity index (χ2n) is 1.82. The summed E-state index contributed by atoms with van der Waals surface area (Å²) < 4.78 is 0. The number of rotatable bonds is 0. The van der Waals surface area contributed by atoms with Crippen LogP contribution < -0.4 is 0 Å². The van der Waals surface area contributed by atoms with Gasteiger partial charge in [0.1, 0.15) is 6.07 Å². The number of nitriles is 1. The van der Waals surface area contributed by atoms with Crippen molar-refractivity contribution in [3.63, 3.8) is 0 Å². The smallest absolute Gasteiger partial charge is 0.180 e. The number of ketones is 1. The molecule has 1 N–H and O–H groups in total. The summed E-state index contributed by atoms with van der Waals surface area (Å²) in [5.41, 5.74) is 0.231. The molecule has 0 atom stereocenters. The summed E-state index contributed by atoms with van der Waals surface area (Å²) in [6.45, 7) is 0. The Hall–Kier alpha value is -1.69. The number of allylic oxidation sites excluding steroid dienone is 4. The zero-order chi connectivity index (χ0) is 7.56. The van der Waals surface area contributed by atoms with E-state index in [4.69, 9.17) is 10.7 Å². The molecule has 0 radical (unpaired) electrons. The van der Waals surface area contributed by atoms with Gasteiger partial charge in [-0.1, -0.05) is 0 Å². The summed E-state index contributed by atoms with van der Waals surface area (Å²) >= 11 is 0. The molecule has 1 rings (SSSR count). The quantitative estimate of drug-likeness (QED) is 0.490. The zero-order valence-corrected chi connectivity index (χ0v) is 5.09. The number of hydrogen-bond acceptors (Lipinski definition) is 3. The molecular formula is C7H4N2O. The van der Waals surface area contributed by atoms with Crippen LogP contribution in [-0.2, 0) is 4.79 Å². The van der Waals surface area contributed by atoms with E-state index in [0.29, 0.717) is 0 Å². The molecule has 1 aliphatic carbocycles. The highest BCUT2D eigenvalue weighted by Crippen LogP contribution is 2.02. The fourth-order valence-corrected chi connectivity index (χ4v) is 0.616. The molecule has 0 fully saturated rings. The lowest BCUT2D eigenvalue weighted by Crippen LogP contribution is -2.04. The van der Waals surface area contributed by atoms with Gasteiger partial charge in [-0.2, -0.15) is 5.26 Å². The number of nitrogens with zero attached hydrogens (tertiary/aromatic N) is 1. The summed E-state index contributed by atoms with van der Waals surface area (Å²) in [6.07, 6.45) is 3.74. The monoisotopic (exact) mass is 132 g/mol. The van der Waals surface area contributed by atoms with Crippen LogP contribution >= 0.6 is 0 Å². The molecule has 3 nitrogen and oxygen atoms in total. The molecule has 0 saturated heterocycles. The van der Waals surface area contributed by atoms with E-state index in [1.807, 2.05) is 0 Å². The third kappa shape index (κ3) is 1.00. The Bertz CT molecular complexity index is 291. The molecule has 0 heterocycles. The first-order chi connectivity index (χ1) is 4.74. The normalized spacial score (nSPS) is 16.5. The molecule has 0 spiro atoms. The van der Waals surface area contributed by atoms with Crippen molar-refractivity contribution in [1.82, 2.24) is 0 Å². The standard InChI is InChI=1S/C7H4N2O/c8-4-5-3-6(10)1-2-7(5)9/h1-3,9H. The minimum Gasteiger partial charge on any atom is -0.300 e. The molecule has 3 heteroatoms. The summed E-state index contributed by atoms with van der Waals surface area (Å²) in [6, 6.07) is 1.75. The molecule has 0 aromatic heterocycles. The third-order valence-corrected chi connectivity index (χ3v) is 1.11. The van der Waals surface area contributed by atoms with Crippen LogP contribution in [0.5, 0.6) is 0 Å². The van der Waals surface area contributed by atoms with E-state index in [-0.39, 0.29) is 17.1 Å². The summed E-state index contributed by atoms with van der Waals surface area (Å²) in [5, 5.41) is 15.4. The lowest BCUT2D eigenvalue weighted by atomic mass is 10.1. The van der Waals surface area contributed by atoms with Gasteiger partial charge in [0.05, 0.1) is 11.3 Å². The fourth-order valence-electron chi connectivity index (χ4n) is 0.616. The average Bonchev–Trinajstić information content (AvgIpc) is 1.94. The summed E-state index contributed by atoms with van der Waals surface area (Å²) in [5.74, 6) is -0.229. The van der Waals surface area contributed by atoms with Crippen LogP contribution in [0, 0.1) is 16.7 Å². The highest BCUT2D eigenvalue weighted by atomic mass is 16.1. The largest absolute Gasteiger partial charge is 0.300 e. The van der Waals surface area contributed by atoms with Crippen LogP contribution in [0.2, 0.25) is 0 Å². The maximum Gasteiger partial charge on any atom is 0.180 e. The number of nitrogens with one attached hydrogen (secondary N) is 1. The Morgan fingerprint density at radius 3 is 2.70 bits per heavy atom. The molecule has 1 aliphatic rings. The molecule has 48 valence electrons. The van der Waals surface area contributed by atoms with E-state index in [0.717, 1.165) is 6.08 Å². The Morgan fingerprint density at radius 2 is 2.20 bits per heavy atom. The van der Waals surface area contributed by atoms with Crippen molar-refractivity contribution in [2.45, 2.75) is 0 Å². The molecular weight excluding hydrogens is 128 g/mol. The number of carbonyl (C=O) groups is 1. The second-order valence-corrected chi connectivity index (χ2v) is 1.82. The van der Waals surface area contributed by atoms with Crippen LogP contribution in [0.3, 0.4) is 0 Å². The Balaban J connectivity index is 3.03. The molecule has 0 saturated carbocycles. The van der Waals surface area contributed by atoms with Crippen molar-refractivity contribution in [3.05, 3.63) is 23.8 Å². The van der Waals surface area contributed by atoms with Crippen molar-refractivity contribution >= 4 is 11.5 Å². The van der Waals surface area contributed by atoms with Gasteiger partial charge >= 0.3 is 0 Å². The predicted molar refractivity (Wildman–Crippen MR) is 35.6 cm³/mol. The van der Waals surface area contributed by atoms with Gasteiger partial charge in [-0.15, -0.1) is 0 Å². The van der Waals surface area contributed by atoms with Crippen molar-refractivity contribution in [2.24, 2.45) is 0 Å². The summed E-state index contributed by atoms with van der Waals surface area (Å²) in [7, 11) is 0. The maximum absolute atomic E-state index is 10.6. The van der Waals surface area contributed by atoms with Crippen LogP contribution in [0.25, 0.3) is 0 Å². The maximum atomic E-state index is 10.6. The van der Waals surface area contributed by atoms with Crippen molar-refractivity contribution in [1.29, 1.82) is 10.7 Å². The average molecular weight is 132 g/mol. The number of carbonyl (C=O) groups excluding carboxylic acids is 1. The van der Waals surface area contributed by atoms with Crippen LogP contribution in [0.4, 0.5) is 0 Å². The highest BCUT2D eigenvalue weighted by molar-refractivity contribution is 6.20. The lowest BCUT2D eigenvalue weighted by molar-refractivity contribution is -0.110. The topological polar surface area (TPSA) is 64.7 Å². The van der Waals surface area contributed by atoms with Crippen LogP contribution in [0.15, 0.2) is 23.8 Å². The van der Waals surface area contributed by atoms with Gasteiger partial charge in [0, 0.05) is 6.08 Å². The lowest BCUT2D eigenvalue weighted by Gasteiger charge is -1.97. The van der Waals surface area contributed by atoms with Crippen LogP contribution in [0.1, 0.15) is 0 Å². The second kappa shape index (κ2) is 2.28. The van der Waals surface area contributed by atoms with Gasteiger partial charge in [0.2, 0.25) is 0 Å². The molecule has 0 unspecified atom stereocenters. The minimum atomic E-state index is -0.229. The highest BCUT2D eigenvalue weighted by Gasteiger charge is 2.07. The zero-order valence-electron chi connectivity index (χ0n) is 5.09. The Kier molecular flexibility index (Phi) is 1.46. The first kappa shape index (κ1) is 6.43. The van der Waals surface area contributed by atoms with E-state index >= 15 is 0 Å². The van der Waals surface area contributed by atoms with Gasteiger partial charge in [-0.05, 0) is 12.2 Å². The van der Waals surface area contributed by atoms with Crippen LogP contribution in [-0.4, -0.2) is 11.5 Å². The van der Waals surface area contributed by atoms with Gasteiger partial charge < -0.3 is 0 Å². The number of hydrogen-bond donors (Lipinski definition) is 1. The molecule has 0 aliphatic heterocycles. The Labute approximate surface area is 57.8 Å². The Morgan fingerprint density at radius 1 is 1.50 bits per heavy atom. The van der Waals surface area contributed by atoms with E-state index in [1.165, 1.54) is 12.2 Å². The SMILES string of the molecule is N#CC1=CC(=O)C=CC1=N. The van der Waals surface area contributed by atoms with Gasteiger partial charge in [0.25, 0.3) is 0 Å². The first-order valence-corrected chi connectivity index (χ1v) is 2.67. The predicted octanol–water partition coefficient (Wildman–Crippen LogP) is 0.595. The molecule has 0 bridgehead atoms. The molecule has 10 heavy (non-hydrogen) atoms. The summed E-state index contributed by atoms with van der Waals surface area (Å²) in [4.78, 5) is 10.6. The molecule has 0 amide bonds. The third-order valence-electron chi connectivity index (χ3n) is 1.11. The van der Waals surface area contributed by atoms with E-state index in [9.17, 15) is 4.79 Å². The van der Waals surface area contributed by atoms with Gasteiger partial charge in [0.15, 0.2) is 5.78 Å². The van der Waals surface area contributed by atoms with E-state index < -0.39 is 0 Å². The van der Waals surface area contributed by atoms with Crippen molar-refractivity contribution < 1.29 is 4.79 Å². The van der Waals surface area contributed by atoms with Gasteiger partial charge in [-0.25, -0.2) is 0 Å². The van der Waals surface area contributed by atoms with Crippen molar-refractivity contribution in [3.8, 4) is 6.07 Å². The van der Waals surface area contributed by atoms with E-state index in [2.05, 4.69) is 0 Å². The van der Waals surface area contributed by atoms with Crippen molar-refractivity contribution in [2.75, 3.05) is 0 Å². The molecule has 0 aromatic carbocycles. The van der Waals surface area contributed by atoms with Gasteiger partial charge in [-0.3, -0.25) is 10.2 Å². The minimum absolute atomic E-state index is 0.0992.